The second-order valence-electron chi connectivity index (χ2n) is 3.81. The number of hydrogen-bond donors (Lipinski definition) is 2. The maximum absolute atomic E-state index is 5.51. The summed E-state index contributed by atoms with van der Waals surface area (Å²) in [5.74, 6) is 5.51. The molecule has 0 aliphatic heterocycles. The van der Waals surface area contributed by atoms with Crippen molar-refractivity contribution in [1.82, 2.24) is 5.43 Å². The molecule has 76 valence electrons. The summed E-state index contributed by atoms with van der Waals surface area (Å²) in [6, 6.07) is 6.41. The van der Waals surface area contributed by atoms with Crippen molar-refractivity contribution in [3.8, 4) is 0 Å². The van der Waals surface area contributed by atoms with E-state index in [9.17, 15) is 0 Å². The summed E-state index contributed by atoms with van der Waals surface area (Å²) in [6.07, 6.45) is 0. The Morgan fingerprint density at radius 2 is 2.07 bits per heavy atom. The average Bonchev–Trinajstić information content (AvgIpc) is 2.11. The van der Waals surface area contributed by atoms with E-state index in [0.717, 1.165) is 5.57 Å². The van der Waals surface area contributed by atoms with Gasteiger partial charge in [0.1, 0.15) is 0 Å². The molecule has 0 heterocycles. The van der Waals surface area contributed by atoms with E-state index in [1.807, 2.05) is 6.92 Å². The molecule has 0 spiro atoms. The van der Waals surface area contributed by atoms with Crippen molar-refractivity contribution in [3.63, 3.8) is 0 Å². The van der Waals surface area contributed by atoms with Crippen LogP contribution in [0.5, 0.6) is 0 Å². The fraction of sp³-hybridized carbons (Fsp3) is 0.333. The number of benzene rings is 1. The van der Waals surface area contributed by atoms with Gasteiger partial charge in [0, 0.05) is 0 Å². The lowest BCUT2D eigenvalue weighted by Gasteiger charge is -2.19. The number of nitrogens with one attached hydrogen (secondary N) is 1. The summed E-state index contributed by atoms with van der Waals surface area (Å²) in [4.78, 5) is 0. The Kier molecular flexibility index (Phi) is 3.44. The number of hydrogen-bond acceptors (Lipinski definition) is 2. The van der Waals surface area contributed by atoms with Crippen molar-refractivity contribution >= 4 is 0 Å². The Morgan fingerprint density at radius 1 is 1.43 bits per heavy atom. The van der Waals surface area contributed by atoms with E-state index in [1.165, 1.54) is 16.7 Å². The van der Waals surface area contributed by atoms with Crippen LogP contribution in [0.4, 0.5) is 0 Å². The highest BCUT2D eigenvalue weighted by Crippen LogP contribution is 2.23. The van der Waals surface area contributed by atoms with Crippen LogP contribution in [0.2, 0.25) is 0 Å². The largest absolute Gasteiger partial charge is 0.271 e. The van der Waals surface area contributed by atoms with Gasteiger partial charge in [-0.2, -0.15) is 0 Å². The van der Waals surface area contributed by atoms with Crippen LogP contribution >= 0.6 is 0 Å². The highest BCUT2D eigenvalue weighted by molar-refractivity contribution is 5.36. The second-order valence-corrected chi connectivity index (χ2v) is 3.81. The molecule has 2 nitrogen and oxygen atoms in total. The van der Waals surface area contributed by atoms with Gasteiger partial charge in [0.15, 0.2) is 0 Å². The monoisotopic (exact) mass is 190 g/mol. The minimum absolute atomic E-state index is 0.0508. The van der Waals surface area contributed by atoms with E-state index in [2.05, 4.69) is 44.1 Å². The molecule has 1 aromatic rings. The quantitative estimate of drug-likeness (QED) is 0.436. The fourth-order valence-corrected chi connectivity index (χ4v) is 1.57. The minimum atomic E-state index is 0.0508. The third-order valence-electron chi connectivity index (χ3n) is 2.41. The van der Waals surface area contributed by atoms with Gasteiger partial charge in [-0.1, -0.05) is 35.9 Å². The molecule has 0 radical (unpaired) electrons. The smallest absolute Gasteiger partial charge is 0.0667 e. The lowest BCUT2D eigenvalue weighted by Crippen LogP contribution is -2.29. The Balaban J connectivity index is 3.15. The summed E-state index contributed by atoms with van der Waals surface area (Å²) >= 11 is 0. The van der Waals surface area contributed by atoms with Gasteiger partial charge >= 0.3 is 0 Å². The molecule has 1 unspecified atom stereocenters. The lowest BCUT2D eigenvalue weighted by molar-refractivity contribution is 0.623. The normalized spacial score (nSPS) is 12.6. The zero-order valence-electron chi connectivity index (χ0n) is 9.09. The van der Waals surface area contributed by atoms with Crippen molar-refractivity contribution in [2.45, 2.75) is 26.8 Å². The van der Waals surface area contributed by atoms with Crippen LogP contribution in [0.15, 0.2) is 30.4 Å². The van der Waals surface area contributed by atoms with Gasteiger partial charge in [-0.3, -0.25) is 5.84 Å². The first-order valence-electron chi connectivity index (χ1n) is 4.75. The Bertz CT molecular complexity index is 342. The van der Waals surface area contributed by atoms with E-state index >= 15 is 0 Å². The van der Waals surface area contributed by atoms with Crippen LogP contribution in [0.1, 0.15) is 29.7 Å². The number of aryl methyl sites for hydroxylation is 2. The first-order valence-corrected chi connectivity index (χ1v) is 4.75. The zero-order chi connectivity index (χ0) is 10.7. The molecule has 0 amide bonds. The van der Waals surface area contributed by atoms with E-state index in [1.54, 1.807) is 0 Å². The highest BCUT2D eigenvalue weighted by Gasteiger charge is 2.12. The predicted octanol–water partition coefficient (Wildman–Crippen LogP) is 2.38. The lowest BCUT2D eigenvalue weighted by atomic mass is 9.95. The molecule has 0 saturated heterocycles. The number of rotatable bonds is 3. The van der Waals surface area contributed by atoms with Crippen LogP contribution < -0.4 is 11.3 Å². The Hall–Kier alpha value is -1.12. The molecular formula is C12H18N2. The minimum Gasteiger partial charge on any atom is -0.271 e. The van der Waals surface area contributed by atoms with Gasteiger partial charge in [-0.25, -0.2) is 5.43 Å². The van der Waals surface area contributed by atoms with E-state index in [0.29, 0.717) is 0 Å². The summed E-state index contributed by atoms with van der Waals surface area (Å²) in [6.45, 7) is 10.1. The highest BCUT2D eigenvalue weighted by atomic mass is 15.2. The van der Waals surface area contributed by atoms with E-state index in [-0.39, 0.29) is 6.04 Å². The van der Waals surface area contributed by atoms with Crippen LogP contribution in [0.25, 0.3) is 0 Å². The summed E-state index contributed by atoms with van der Waals surface area (Å²) in [5.41, 5.74) is 7.50. The number of hydrazine groups is 1. The molecule has 0 saturated carbocycles. The molecule has 0 aliphatic rings. The third-order valence-corrected chi connectivity index (χ3v) is 2.41. The fourth-order valence-electron chi connectivity index (χ4n) is 1.57. The second kappa shape index (κ2) is 4.40. The van der Waals surface area contributed by atoms with Crippen molar-refractivity contribution in [3.05, 3.63) is 47.0 Å². The molecule has 1 aromatic carbocycles. The maximum atomic E-state index is 5.51. The Labute approximate surface area is 85.8 Å². The zero-order valence-corrected chi connectivity index (χ0v) is 9.09. The molecule has 0 fully saturated rings. The van der Waals surface area contributed by atoms with Gasteiger partial charge in [-0.15, -0.1) is 0 Å². The van der Waals surface area contributed by atoms with Crippen molar-refractivity contribution in [2.24, 2.45) is 5.84 Å². The van der Waals surface area contributed by atoms with Crippen LogP contribution in [-0.4, -0.2) is 0 Å². The predicted molar refractivity (Wildman–Crippen MR) is 60.8 cm³/mol. The molecular weight excluding hydrogens is 172 g/mol. The molecule has 2 heteroatoms. The first-order chi connectivity index (χ1) is 6.56. The topological polar surface area (TPSA) is 38.0 Å². The Morgan fingerprint density at radius 3 is 2.57 bits per heavy atom. The van der Waals surface area contributed by atoms with Gasteiger partial charge < -0.3 is 0 Å². The van der Waals surface area contributed by atoms with Crippen molar-refractivity contribution in [2.75, 3.05) is 0 Å². The van der Waals surface area contributed by atoms with Gasteiger partial charge in [0.05, 0.1) is 6.04 Å². The molecule has 1 rings (SSSR count). The van der Waals surface area contributed by atoms with Crippen molar-refractivity contribution in [1.29, 1.82) is 0 Å². The average molecular weight is 190 g/mol. The van der Waals surface area contributed by atoms with Crippen molar-refractivity contribution < 1.29 is 0 Å². The summed E-state index contributed by atoms with van der Waals surface area (Å²) in [7, 11) is 0. The van der Waals surface area contributed by atoms with E-state index < -0.39 is 0 Å². The summed E-state index contributed by atoms with van der Waals surface area (Å²) < 4.78 is 0. The molecule has 0 aromatic heterocycles. The maximum Gasteiger partial charge on any atom is 0.0667 e. The summed E-state index contributed by atoms with van der Waals surface area (Å²) in [5, 5.41) is 0. The molecule has 1 atom stereocenters. The standard InChI is InChI=1S/C12H18N2/c1-8(2)12(14-13)11-7-9(3)5-6-10(11)4/h5-7,12,14H,1,13H2,2-4H3. The van der Waals surface area contributed by atoms with Crippen LogP contribution in [-0.2, 0) is 0 Å². The van der Waals surface area contributed by atoms with Crippen LogP contribution in [0.3, 0.4) is 0 Å². The molecule has 0 bridgehead atoms. The first kappa shape index (κ1) is 11.0. The van der Waals surface area contributed by atoms with Gasteiger partial charge in [-0.05, 0) is 31.9 Å². The molecule has 3 N–H and O–H groups in total. The van der Waals surface area contributed by atoms with Crippen LogP contribution in [0, 0.1) is 13.8 Å². The van der Waals surface area contributed by atoms with Gasteiger partial charge in [0.2, 0.25) is 0 Å². The molecule has 0 aliphatic carbocycles. The number of nitrogens with two attached hydrogens (primary N) is 1. The SMILES string of the molecule is C=C(C)C(NN)c1cc(C)ccc1C. The third kappa shape index (κ3) is 2.22. The van der Waals surface area contributed by atoms with Gasteiger partial charge in [0.25, 0.3) is 0 Å². The molecule has 14 heavy (non-hydrogen) atoms. The van der Waals surface area contributed by atoms with E-state index in [4.69, 9.17) is 5.84 Å².